The van der Waals surface area contributed by atoms with Gasteiger partial charge in [0.05, 0.1) is 12.5 Å². The van der Waals surface area contributed by atoms with E-state index in [1.165, 1.54) is 36.1 Å². The largest absolute Gasteiger partial charge is 0.338 e. The van der Waals surface area contributed by atoms with Crippen LogP contribution in [0.4, 0.5) is 8.78 Å². The van der Waals surface area contributed by atoms with Crippen molar-refractivity contribution in [2.45, 2.75) is 24.9 Å². The minimum atomic E-state index is -3.13. The van der Waals surface area contributed by atoms with E-state index in [1.807, 2.05) is 0 Å². The number of nitrogens with zero attached hydrogens (tertiary/aromatic N) is 1. The minimum absolute atomic E-state index is 0.0832. The highest BCUT2D eigenvalue weighted by atomic mass is 19.3. The number of hydroxylamine groups is 1. The summed E-state index contributed by atoms with van der Waals surface area (Å²) in [6.07, 6.45) is -0.0947. The molecule has 0 bridgehead atoms. The van der Waals surface area contributed by atoms with Crippen molar-refractivity contribution in [1.82, 2.24) is 20.8 Å². The van der Waals surface area contributed by atoms with E-state index in [-0.39, 0.29) is 5.56 Å². The van der Waals surface area contributed by atoms with Crippen LogP contribution in [-0.4, -0.2) is 45.0 Å². The molecule has 0 radical (unpaired) electrons. The number of rotatable bonds is 5. The monoisotopic (exact) mass is 401 g/mol. The molecule has 1 aromatic carbocycles. The van der Waals surface area contributed by atoms with E-state index in [0.29, 0.717) is 11.3 Å². The number of hydrogen-bond acceptors (Lipinski definition) is 5. The molecule has 150 valence electrons. The molecule has 0 aliphatic carbocycles. The van der Waals surface area contributed by atoms with Crippen LogP contribution in [0, 0.1) is 23.7 Å². The third-order valence-electron chi connectivity index (χ3n) is 3.85. The summed E-state index contributed by atoms with van der Waals surface area (Å²) in [6, 6.07) is 3.97. The molecular weight excluding hydrogens is 384 g/mol. The average molecular weight is 401 g/mol. The molecule has 0 saturated carbocycles. The predicted molar refractivity (Wildman–Crippen MR) is 98.6 cm³/mol. The average Bonchev–Trinajstić information content (AvgIpc) is 3.22. The fourth-order valence-corrected chi connectivity index (χ4v) is 2.14. The maximum atomic E-state index is 13.1. The Morgan fingerprint density at radius 1 is 1.24 bits per heavy atom. The number of halogens is 2. The van der Waals surface area contributed by atoms with Crippen LogP contribution >= 0.6 is 0 Å². The molecule has 0 saturated heterocycles. The summed E-state index contributed by atoms with van der Waals surface area (Å²) in [5, 5.41) is 10.9. The zero-order chi connectivity index (χ0) is 21.4. The summed E-state index contributed by atoms with van der Waals surface area (Å²) in [4.78, 5) is 30.6. The third kappa shape index (κ3) is 5.62. The number of benzene rings is 1. The fraction of sp³-hybridized carbons (Fsp3) is 0.211. The highest BCUT2D eigenvalue weighted by molar-refractivity contribution is 5.98. The number of carbonyl (C=O) groups excluding carboxylic acids is 2. The molecule has 6 N–H and O–H groups in total. The Morgan fingerprint density at radius 3 is 2.45 bits per heavy atom. The van der Waals surface area contributed by atoms with Crippen molar-refractivity contribution in [2.24, 2.45) is 5.73 Å². The lowest BCUT2D eigenvalue weighted by Gasteiger charge is -2.32. The normalized spacial score (nSPS) is 13.2. The predicted octanol–water partition coefficient (Wildman–Crippen LogP) is 0.399. The first-order valence-corrected chi connectivity index (χ1v) is 8.18. The fourth-order valence-electron chi connectivity index (χ4n) is 2.14. The number of hydrogen-bond donors (Lipinski definition) is 5. The van der Waals surface area contributed by atoms with Gasteiger partial charge in [-0.15, -0.1) is 0 Å². The quantitative estimate of drug-likeness (QED) is 0.281. The Bertz CT molecular complexity index is 981. The molecule has 0 fully saturated rings. The summed E-state index contributed by atoms with van der Waals surface area (Å²) in [7, 11) is 0. The second kappa shape index (κ2) is 9.46. The Hall–Kier alpha value is -3.73. The lowest BCUT2D eigenvalue weighted by Crippen LogP contribution is -2.66. The second-order valence-electron chi connectivity index (χ2n) is 6.09. The van der Waals surface area contributed by atoms with Gasteiger partial charge >= 0.3 is 0 Å². The van der Waals surface area contributed by atoms with Crippen molar-refractivity contribution in [3.63, 3.8) is 0 Å². The van der Waals surface area contributed by atoms with Crippen LogP contribution in [0.3, 0.4) is 0 Å². The maximum Gasteiger partial charge on any atom is 0.268 e. The zero-order valence-corrected chi connectivity index (χ0v) is 15.2. The van der Waals surface area contributed by atoms with E-state index in [9.17, 15) is 18.4 Å². The molecule has 0 aliphatic rings. The molecule has 2 amide bonds. The van der Waals surface area contributed by atoms with Gasteiger partial charge in [-0.05, 0) is 49.0 Å². The number of H-pyrrole nitrogens is 1. The molecule has 1 aromatic heterocycles. The molecule has 2 rings (SSSR count). The summed E-state index contributed by atoms with van der Waals surface area (Å²) < 4.78 is 26.3. The molecular formula is C19H17F2N5O3. The molecule has 1 unspecified atom stereocenters. The molecule has 2 atom stereocenters. The number of nitrogens with one attached hydrogen (secondary N) is 3. The topological polar surface area (TPSA) is 133 Å². The van der Waals surface area contributed by atoms with Crippen molar-refractivity contribution in [3.8, 4) is 23.7 Å². The van der Waals surface area contributed by atoms with Crippen LogP contribution in [-0.2, 0) is 4.79 Å². The first-order chi connectivity index (χ1) is 13.8. The number of carbonyl (C=O) groups is 2. The molecule has 8 nitrogen and oxygen atoms in total. The zero-order valence-electron chi connectivity index (χ0n) is 15.2. The number of nitrogens with two attached hydrogens (primary N) is 1. The highest BCUT2D eigenvalue weighted by Gasteiger charge is 2.44. The van der Waals surface area contributed by atoms with Crippen LogP contribution < -0.4 is 16.5 Å². The lowest BCUT2D eigenvalue weighted by atomic mass is 9.92. The van der Waals surface area contributed by atoms with Gasteiger partial charge in [0.2, 0.25) is 0 Å². The van der Waals surface area contributed by atoms with Crippen LogP contribution in [0.2, 0.25) is 0 Å². The van der Waals surface area contributed by atoms with E-state index in [1.54, 1.807) is 6.20 Å². The van der Waals surface area contributed by atoms with Gasteiger partial charge in [-0.2, -0.15) is 0 Å². The minimum Gasteiger partial charge on any atom is -0.338 e. The molecule has 10 heteroatoms. The Labute approximate surface area is 164 Å². The summed E-state index contributed by atoms with van der Waals surface area (Å²) in [6.45, 7) is 0.890. The third-order valence-corrected chi connectivity index (χ3v) is 3.85. The molecule has 0 aliphatic heterocycles. The van der Waals surface area contributed by atoms with E-state index < -0.39 is 29.8 Å². The van der Waals surface area contributed by atoms with Crippen molar-refractivity contribution < 1.29 is 23.6 Å². The Balaban J connectivity index is 2.10. The van der Waals surface area contributed by atoms with Gasteiger partial charge in [0.25, 0.3) is 18.2 Å². The summed E-state index contributed by atoms with van der Waals surface area (Å²) >= 11 is 0. The van der Waals surface area contributed by atoms with Crippen LogP contribution in [0.25, 0.3) is 0 Å². The van der Waals surface area contributed by atoms with E-state index in [2.05, 4.69) is 39.0 Å². The number of amides is 2. The molecule has 1 heterocycles. The maximum absolute atomic E-state index is 13.1. The molecule has 0 spiro atoms. The number of imidazole rings is 1. The van der Waals surface area contributed by atoms with Gasteiger partial charge < -0.3 is 16.0 Å². The van der Waals surface area contributed by atoms with Crippen LogP contribution in [0.1, 0.15) is 28.5 Å². The van der Waals surface area contributed by atoms with E-state index in [0.717, 1.165) is 6.92 Å². The number of aromatic amines is 1. The van der Waals surface area contributed by atoms with Crippen molar-refractivity contribution in [2.75, 3.05) is 0 Å². The van der Waals surface area contributed by atoms with Crippen LogP contribution in [0.5, 0.6) is 0 Å². The number of alkyl halides is 2. The Kier molecular flexibility index (Phi) is 7.04. The van der Waals surface area contributed by atoms with Gasteiger partial charge in [0.1, 0.15) is 17.3 Å². The second-order valence-corrected chi connectivity index (χ2v) is 6.09. The van der Waals surface area contributed by atoms with Crippen molar-refractivity contribution in [3.05, 3.63) is 53.6 Å². The number of aromatic nitrogens is 2. The van der Waals surface area contributed by atoms with E-state index in [4.69, 9.17) is 10.9 Å². The summed E-state index contributed by atoms with van der Waals surface area (Å²) in [5.41, 5.74) is 5.54. The first kappa shape index (κ1) is 21.6. The van der Waals surface area contributed by atoms with Gasteiger partial charge in [-0.3, -0.25) is 14.8 Å². The smallest absolute Gasteiger partial charge is 0.268 e. The van der Waals surface area contributed by atoms with Crippen LogP contribution in [0.15, 0.2) is 36.8 Å². The van der Waals surface area contributed by atoms with Crippen molar-refractivity contribution in [1.29, 1.82) is 0 Å². The van der Waals surface area contributed by atoms with Gasteiger partial charge in [0, 0.05) is 11.1 Å². The van der Waals surface area contributed by atoms with Gasteiger partial charge in [-0.25, -0.2) is 19.2 Å². The Morgan fingerprint density at radius 2 is 1.90 bits per heavy atom. The van der Waals surface area contributed by atoms with Crippen molar-refractivity contribution >= 4 is 11.8 Å². The van der Waals surface area contributed by atoms with E-state index >= 15 is 0 Å². The highest BCUT2D eigenvalue weighted by Crippen LogP contribution is 2.18. The van der Waals surface area contributed by atoms with Gasteiger partial charge in [0.15, 0.2) is 0 Å². The molecule has 29 heavy (non-hydrogen) atoms. The SMILES string of the molecule is CC(N)(C(F)F)[C@H](NC(=O)c1ccc(C#CC#Cc2cnc[nH]2)cc1)C(=O)NO. The standard InChI is InChI=1S/C19H17F2N5O3/c1-19(22,18(20)21)15(17(28)26-29)25-16(27)13-8-6-12(7-9-13)4-2-3-5-14-10-23-11-24-14/h6-11,15,18,29H,22H2,1H3,(H,23,24)(H,25,27)(H,26,28)/t15-,19?/m1/s1. The first-order valence-electron chi connectivity index (χ1n) is 8.18. The van der Waals surface area contributed by atoms with Gasteiger partial charge in [-0.1, -0.05) is 5.92 Å². The molecule has 2 aromatic rings. The lowest BCUT2D eigenvalue weighted by molar-refractivity contribution is -0.134. The summed E-state index contributed by atoms with van der Waals surface area (Å²) in [5.74, 6) is 8.70.